The third kappa shape index (κ3) is 4.91. The van der Waals surface area contributed by atoms with Crippen LogP contribution in [0.4, 0.5) is 4.39 Å². The molecule has 1 spiro atoms. The molecule has 37 heavy (non-hydrogen) atoms. The fourth-order valence-corrected chi connectivity index (χ4v) is 6.02. The number of nitrogens with zero attached hydrogens (tertiary/aromatic N) is 3. The smallest absolute Gasteiger partial charge is 0.306 e. The lowest BCUT2D eigenvalue weighted by atomic mass is 9.88. The second-order valence-corrected chi connectivity index (χ2v) is 11.0. The van der Waals surface area contributed by atoms with Gasteiger partial charge in [-0.25, -0.2) is 4.39 Å². The fraction of sp³-hybridized carbons (Fsp3) is 0.517. The number of aliphatic carboxylic acids is 1. The number of amidine groups is 1. The Labute approximate surface area is 216 Å². The number of ether oxygens (including phenoxy) is 1. The van der Waals surface area contributed by atoms with Gasteiger partial charge in [-0.15, -0.1) is 0 Å². The summed E-state index contributed by atoms with van der Waals surface area (Å²) in [6.45, 7) is 6.41. The Morgan fingerprint density at radius 2 is 1.89 bits per heavy atom. The molecule has 0 bridgehead atoms. The van der Waals surface area contributed by atoms with Crippen LogP contribution in [-0.4, -0.2) is 65.1 Å². The summed E-state index contributed by atoms with van der Waals surface area (Å²) in [5.41, 5.74) is 4.39. The molecule has 2 aromatic carbocycles. The van der Waals surface area contributed by atoms with Gasteiger partial charge in [-0.1, -0.05) is 17.3 Å². The Morgan fingerprint density at radius 3 is 2.54 bits per heavy atom. The van der Waals surface area contributed by atoms with Crippen molar-refractivity contribution in [3.8, 4) is 16.9 Å². The third-order valence-corrected chi connectivity index (χ3v) is 8.16. The summed E-state index contributed by atoms with van der Waals surface area (Å²) in [7, 11) is 0. The fourth-order valence-electron chi connectivity index (χ4n) is 6.02. The van der Waals surface area contributed by atoms with Crippen molar-refractivity contribution >= 4 is 11.8 Å². The van der Waals surface area contributed by atoms with Crippen molar-refractivity contribution in [1.29, 1.82) is 0 Å². The Bertz CT molecular complexity index is 1200. The van der Waals surface area contributed by atoms with Crippen LogP contribution in [0, 0.1) is 11.7 Å². The number of hydrogen-bond acceptors (Lipinski definition) is 6. The molecule has 4 aliphatic rings. The quantitative estimate of drug-likeness (QED) is 0.577. The van der Waals surface area contributed by atoms with Crippen molar-refractivity contribution in [2.24, 2.45) is 11.1 Å². The van der Waals surface area contributed by atoms with E-state index in [2.05, 4.69) is 27.1 Å². The number of halogens is 1. The molecule has 2 saturated heterocycles. The van der Waals surface area contributed by atoms with Crippen LogP contribution in [0.2, 0.25) is 0 Å². The zero-order valence-electron chi connectivity index (χ0n) is 21.3. The van der Waals surface area contributed by atoms with Crippen LogP contribution in [0.5, 0.6) is 5.75 Å². The van der Waals surface area contributed by atoms with Crippen LogP contribution >= 0.6 is 0 Å². The van der Waals surface area contributed by atoms with Crippen molar-refractivity contribution in [3.05, 3.63) is 53.3 Å². The standard InChI is InChI=1S/C29H34FN3O4/c1-2-36-26-14-25(20-5-7-23(30)8-6-20)24(19-3-4-19)13-22(26)16-32-17-29(18-32)15-27(31-37-29)33-11-9-21(10-12-33)28(34)35/h5-8,13-14,19,21H,2-4,9-12,15-18H2,1H3,(H,34,35). The molecule has 0 radical (unpaired) electrons. The van der Waals surface area contributed by atoms with E-state index in [1.54, 1.807) is 0 Å². The van der Waals surface area contributed by atoms with Gasteiger partial charge >= 0.3 is 5.97 Å². The topological polar surface area (TPSA) is 74.6 Å². The van der Waals surface area contributed by atoms with E-state index in [0.29, 0.717) is 25.4 Å². The zero-order valence-corrected chi connectivity index (χ0v) is 21.3. The molecule has 0 unspecified atom stereocenters. The van der Waals surface area contributed by atoms with Gasteiger partial charge in [0.1, 0.15) is 17.4 Å². The van der Waals surface area contributed by atoms with Crippen LogP contribution in [0.25, 0.3) is 11.1 Å². The summed E-state index contributed by atoms with van der Waals surface area (Å²) in [6.07, 6.45) is 4.46. The molecule has 0 atom stereocenters. The van der Waals surface area contributed by atoms with E-state index in [-0.39, 0.29) is 17.3 Å². The molecule has 3 fully saturated rings. The Morgan fingerprint density at radius 1 is 1.16 bits per heavy atom. The first-order valence-corrected chi connectivity index (χ1v) is 13.4. The summed E-state index contributed by atoms with van der Waals surface area (Å²) in [4.78, 5) is 21.8. The van der Waals surface area contributed by atoms with Gasteiger partial charge in [0.15, 0.2) is 5.60 Å². The second-order valence-electron chi connectivity index (χ2n) is 11.0. The maximum Gasteiger partial charge on any atom is 0.306 e. The van der Waals surface area contributed by atoms with Crippen LogP contribution in [-0.2, 0) is 16.2 Å². The van der Waals surface area contributed by atoms with Gasteiger partial charge in [0.25, 0.3) is 0 Å². The average Bonchev–Trinajstić information content (AvgIpc) is 3.63. The molecule has 2 aromatic rings. The number of carboxylic acid groups (broad SMARTS) is 1. The number of carbonyl (C=O) groups is 1. The van der Waals surface area contributed by atoms with Gasteiger partial charge in [-0.3, -0.25) is 9.69 Å². The molecule has 0 aromatic heterocycles. The maximum absolute atomic E-state index is 13.6. The highest BCUT2D eigenvalue weighted by molar-refractivity contribution is 5.84. The van der Waals surface area contributed by atoms with Gasteiger partial charge in [0.2, 0.25) is 0 Å². The van der Waals surface area contributed by atoms with Gasteiger partial charge in [-0.05, 0) is 79.5 Å². The molecule has 7 nitrogen and oxygen atoms in total. The number of benzene rings is 2. The van der Waals surface area contributed by atoms with Crippen LogP contribution < -0.4 is 4.74 Å². The first-order chi connectivity index (χ1) is 17.9. The highest BCUT2D eigenvalue weighted by atomic mass is 19.1. The minimum absolute atomic E-state index is 0.226. The third-order valence-electron chi connectivity index (χ3n) is 8.16. The lowest BCUT2D eigenvalue weighted by molar-refractivity contribution is -0.143. The van der Waals surface area contributed by atoms with E-state index in [1.165, 1.54) is 36.1 Å². The Hall–Kier alpha value is -3.13. The van der Waals surface area contributed by atoms with Crippen LogP contribution in [0.15, 0.2) is 41.6 Å². The maximum atomic E-state index is 13.6. The number of hydrogen-bond donors (Lipinski definition) is 1. The molecule has 1 saturated carbocycles. The van der Waals surface area contributed by atoms with Crippen molar-refractivity contribution < 1.29 is 23.9 Å². The van der Waals surface area contributed by atoms with E-state index in [0.717, 1.165) is 61.9 Å². The van der Waals surface area contributed by atoms with E-state index < -0.39 is 5.97 Å². The summed E-state index contributed by atoms with van der Waals surface area (Å²) < 4.78 is 19.6. The molecule has 3 heterocycles. The van der Waals surface area contributed by atoms with Gasteiger partial charge < -0.3 is 19.6 Å². The zero-order chi connectivity index (χ0) is 25.6. The highest BCUT2D eigenvalue weighted by Gasteiger charge is 2.51. The summed E-state index contributed by atoms with van der Waals surface area (Å²) >= 11 is 0. The predicted octanol–water partition coefficient (Wildman–Crippen LogP) is 4.85. The van der Waals surface area contributed by atoms with Crippen LogP contribution in [0.3, 0.4) is 0 Å². The monoisotopic (exact) mass is 507 g/mol. The van der Waals surface area contributed by atoms with Crippen molar-refractivity contribution in [2.45, 2.75) is 57.1 Å². The first kappa shape index (κ1) is 24.2. The molecular weight excluding hydrogens is 473 g/mol. The highest BCUT2D eigenvalue weighted by Crippen LogP contribution is 2.47. The number of carboxylic acids is 1. The Kier molecular flexibility index (Phi) is 6.31. The van der Waals surface area contributed by atoms with Crippen molar-refractivity contribution in [3.63, 3.8) is 0 Å². The van der Waals surface area contributed by atoms with E-state index in [1.807, 2.05) is 19.1 Å². The van der Waals surface area contributed by atoms with Crippen molar-refractivity contribution in [2.75, 3.05) is 32.8 Å². The molecule has 196 valence electrons. The molecule has 6 rings (SSSR count). The number of likely N-dealkylation sites (tertiary alicyclic amines) is 2. The largest absolute Gasteiger partial charge is 0.494 e. The van der Waals surface area contributed by atoms with Crippen molar-refractivity contribution in [1.82, 2.24) is 9.80 Å². The van der Waals surface area contributed by atoms with Gasteiger partial charge in [0.05, 0.1) is 18.9 Å². The SMILES string of the molecule is CCOc1cc(-c2ccc(F)cc2)c(C2CC2)cc1CN1CC2(CC(N3CCC(C(=O)O)CC3)=NO2)C1. The number of rotatable bonds is 7. The van der Waals surface area contributed by atoms with Gasteiger partial charge in [0, 0.05) is 38.3 Å². The summed E-state index contributed by atoms with van der Waals surface area (Å²) in [6, 6.07) is 11.2. The minimum Gasteiger partial charge on any atom is -0.494 e. The first-order valence-electron chi connectivity index (χ1n) is 13.4. The lowest BCUT2D eigenvalue weighted by Crippen LogP contribution is -2.61. The molecule has 1 N–H and O–H groups in total. The van der Waals surface area contributed by atoms with Gasteiger partial charge in [-0.2, -0.15) is 0 Å². The van der Waals surface area contributed by atoms with E-state index in [4.69, 9.17) is 9.57 Å². The summed E-state index contributed by atoms with van der Waals surface area (Å²) in [5, 5.41) is 13.7. The second kappa shape index (κ2) is 9.63. The molecule has 1 aliphatic carbocycles. The average molecular weight is 508 g/mol. The predicted molar refractivity (Wildman–Crippen MR) is 138 cm³/mol. The van der Waals surface area contributed by atoms with Crippen LogP contribution in [0.1, 0.15) is 56.1 Å². The van der Waals surface area contributed by atoms with E-state index in [9.17, 15) is 14.3 Å². The minimum atomic E-state index is -0.697. The lowest BCUT2D eigenvalue weighted by Gasteiger charge is -2.45. The molecule has 3 aliphatic heterocycles. The molecular formula is C29H34FN3O4. The Balaban J connectivity index is 1.13. The number of piperidine rings is 1. The molecule has 0 amide bonds. The normalized spacial score (nSPS) is 21.5. The summed E-state index contributed by atoms with van der Waals surface area (Å²) in [5.74, 6) is 1.22. The molecule has 8 heteroatoms. The number of oxime groups is 1. The van der Waals surface area contributed by atoms with E-state index >= 15 is 0 Å².